The standard InChI is InChI=1S/C15H12N2O4S2/c1-9(18)10-3-2-4-11(7-10)17-23(20,21)12-5-6-13-14(8-12)22-15(19)16-13/h2-8,17H,1H3,(H,16,19). The van der Waals surface area contributed by atoms with Crippen LogP contribution in [0.5, 0.6) is 0 Å². The highest BCUT2D eigenvalue weighted by atomic mass is 32.2. The maximum atomic E-state index is 12.5. The number of rotatable bonds is 4. The highest BCUT2D eigenvalue weighted by Crippen LogP contribution is 2.22. The van der Waals surface area contributed by atoms with Crippen molar-refractivity contribution >= 4 is 43.0 Å². The van der Waals surface area contributed by atoms with E-state index >= 15 is 0 Å². The highest BCUT2D eigenvalue weighted by Gasteiger charge is 2.16. The van der Waals surface area contributed by atoms with E-state index in [9.17, 15) is 18.0 Å². The summed E-state index contributed by atoms with van der Waals surface area (Å²) in [7, 11) is -3.81. The topological polar surface area (TPSA) is 96.1 Å². The molecule has 0 aliphatic carbocycles. The van der Waals surface area contributed by atoms with Gasteiger partial charge < -0.3 is 4.98 Å². The Balaban J connectivity index is 1.98. The number of hydrogen-bond donors (Lipinski definition) is 2. The first-order chi connectivity index (χ1) is 10.8. The molecule has 0 atom stereocenters. The Morgan fingerprint density at radius 1 is 1.17 bits per heavy atom. The summed E-state index contributed by atoms with van der Waals surface area (Å²) in [4.78, 5) is 25.1. The van der Waals surface area contributed by atoms with Crippen LogP contribution >= 0.6 is 11.3 Å². The lowest BCUT2D eigenvalue weighted by Gasteiger charge is -2.09. The summed E-state index contributed by atoms with van der Waals surface area (Å²) in [6.45, 7) is 1.41. The summed E-state index contributed by atoms with van der Waals surface area (Å²) < 4.78 is 27.9. The molecular weight excluding hydrogens is 336 g/mol. The monoisotopic (exact) mass is 348 g/mol. The second kappa shape index (κ2) is 5.64. The quantitative estimate of drug-likeness (QED) is 0.708. The zero-order valence-electron chi connectivity index (χ0n) is 12.0. The number of anilines is 1. The van der Waals surface area contributed by atoms with Crippen LogP contribution in [0.1, 0.15) is 17.3 Å². The molecule has 0 amide bonds. The number of fused-ring (bicyclic) bond motifs is 1. The molecule has 0 fully saturated rings. The maximum absolute atomic E-state index is 12.5. The van der Waals surface area contributed by atoms with Crippen LogP contribution in [0.4, 0.5) is 5.69 Å². The Labute approximate surface area is 135 Å². The Hall–Kier alpha value is -2.45. The van der Waals surface area contributed by atoms with Crippen molar-refractivity contribution in [2.24, 2.45) is 0 Å². The number of Topliss-reactive ketones (excluding diaryl/α,β-unsaturated/α-hetero) is 1. The molecule has 0 aliphatic rings. The molecule has 118 valence electrons. The number of aromatic nitrogens is 1. The van der Waals surface area contributed by atoms with Crippen molar-refractivity contribution in [3.05, 3.63) is 57.7 Å². The molecule has 0 aliphatic heterocycles. The zero-order chi connectivity index (χ0) is 16.6. The highest BCUT2D eigenvalue weighted by molar-refractivity contribution is 7.92. The van der Waals surface area contributed by atoms with Gasteiger partial charge in [0.1, 0.15) is 0 Å². The fourth-order valence-corrected chi connectivity index (χ4v) is 4.03. The number of sulfonamides is 1. The Morgan fingerprint density at radius 2 is 1.96 bits per heavy atom. The average molecular weight is 348 g/mol. The van der Waals surface area contributed by atoms with E-state index in [-0.39, 0.29) is 15.6 Å². The van der Waals surface area contributed by atoms with E-state index in [0.29, 0.717) is 21.5 Å². The van der Waals surface area contributed by atoms with Crippen molar-refractivity contribution in [2.45, 2.75) is 11.8 Å². The van der Waals surface area contributed by atoms with Gasteiger partial charge in [-0.3, -0.25) is 14.3 Å². The summed E-state index contributed by atoms with van der Waals surface area (Å²) in [5, 5.41) is 0. The van der Waals surface area contributed by atoms with Gasteiger partial charge in [0.05, 0.1) is 15.1 Å². The Kier molecular flexibility index (Phi) is 3.78. The van der Waals surface area contributed by atoms with Gasteiger partial charge in [-0.05, 0) is 37.3 Å². The van der Waals surface area contributed by atoms with Crippen molar-refractivity contribution in [2.75, 3.05) is 4.72 Å². The fourth-order valence-electron chi connectivity index (χ4n) is 2.11. The lowest BCUT2D eigenvalue weighted by atomic mass is 10.1. The van der Waals surface area contributed by atoms with Gasteiger partial charge in [-0.25, -0.2) is 8.42 Å². The average Bonchev–Trinajstić information content (AvgIpc) is 2.86. The van der Waals surface area contributed by atoms with Crippen LogP contribution in [0.15, 0.2) is 52.2 Å². The fraction of sp³-hybridized carbons (Fsp3) is 0.0667. The number of carbonyl (C=O) groups excluding carboxylic acids is 1. The van der Waals surface area contributed by atoms with Crippen LogP contribution in [0.3, 0.4) is 0 Å². The van der Waals surface area contributed by atoms with Gasteiger partial charge in [-0.15, -0.1) is 0 Å². The molecule has 1 heterocycles. The van der Waals surface area contributed by atoms with E-state index in [0.717, 1.165) is 11.3 Å². The van der Waals surface area contributed by atoms with E-state index < -0.39 is 10.0 Å². The second-order valence-electron chi connectivity index (χ2n) is 4.91. The molecular formula is C15H12N2O4S2. The normalized spacial score (nSPS) is 11.5. The molecule has 3 rings (SSSR count). The minimum Gasteiger partial charge on any atom is -0.312 e. The van der Waals surface area contributed by atoms with E-state index in [1.54, 1.807) is 24.3 Å². The van der Waals surface area contributed by atoms with Gasteiger partial charge in [0.15, 0.2) is 5.78 Å². The van der Waals surface area contributed by atoms with Gasteiger partial charge in [-0.1, -0.05) is 23.5 Å². The van der Waals surface area contributed by atoms with Gasteiger partial charge in [0.2, 0.25) is 0 Å². The number of thiazole rings is 1. The molecule has 8 heteroatoms. The predicted molar refractivity (Wildman–Crippen MR) is 89.7 cm³/mol. The lowest BCUT2D eigenvalue weighted by molar-refractivity contribution is 0.101. The smallest absolute Gasteiger partial charge is 0.305 e. The van der Waals surface area contributed by atoms with Crippen molar-refractivity contribution in [1.29, 1.82) is 0 Å². The van der Waals surface area contributed by atoms with Crippen LogP contribution in [0.25, 0.3) is 10.2 Å². The molecule has 0 unspecified atom stereocenters. The number of carbonyl (C=O) groups is 1. The first kappa shape index (κ1) is 15.4. The predicted octanol–water partition coefficient (Wildman–Crippen LogP) is 2.59. The van der Waals surface area contributed by atoms with E-state index in [4.69, 9.17) is 0 Å². The van der Waals surface area contributed by atoms with Crippen LogP contribution in [-0.2, 0) is 10.0 Å². The van der Waals surface area contributed by atoms with Crippen molar-refractivity contribution in [1.82, 2.24) is 4.98 Å². The molecule has 1 aromatic heterocycles. The molecule has 0 spiro atoms. The number of benzene rings is 2. The molecule has 2 N–H and O–H groups in total. The van der Waals surface area contributed by atoms with Crippen LogP contribution < -0.4 is 9.60 Å². The van der Waals surface area contributed by atoms with Crippen LogP contribution in [0.2, 0.25) is 0 Å². The summed E-state index contributed by atoms with van der Waals surface area (Å²) in [5.74, 6) is -0.149. The van der Waals surface area contributed by atoms with Gasteiger partial charge >= 0.3 is 4.87 Å². The molecule has 2 aromatic carbocycles. The van der Waals surface area contributed by atoms with Crippen molar-refractivity contribution in [3.8, 4) is 0 Å². The largest absolute Gasteiger partial charge is 0.312 e. The van der Waals surface area contributed by atoms with E-state index in [1.807, 2.05) is 0 Å². The second-order valence-corrected chi connectivity index (χ2v) is 7.61. The minimum absolute atomic E-state index is 0.0495. The molecule has 0 saturated heterocycles. The SMILES string of the molecule is CC(=O)c1cccc(NS(=O)(=O)c2ccc3[nH]c(=O)sc3c2)c1. The molecule has 23 heavy (non-hydrogen) atoms. The van der Waals surface area contributed by atoms with Crippen LogP contribution in [-0.4, -0.2) is 19.2 Å². The number of aromatic amines is 1. The van der Waals surface area contributed by atoms with Crippen LogP contribution in [0, 0.1) is 0 Å². The Morgan fingerprint density at radius 3 is 2.70 bits per heavy atom. The third-order valence-corrected chi connectivity index (χ3v) is 5.45. The summed E-state index contributed by atoms with van der Waals surface area (Å²) in [5.41, 5.74) is 1.32. The van der Waals surface area contributed by atoms with E-state index in [2.05, 4.69) is 9.71 Å². The van der Waals surface area contributed by atoms with E-state index in [1.165, 1.54) is 25.1 Å². The van der Waals surface area contributed by atoms with Gasteiger partial charge in [-0.2, -0.15) is 0 Å². The zero-order valence-corrected chi connectivity index (χ0v) is 13.6. The first-order valence-electron chi connectivity index (χ1n) is 6.62. The third kappa shape index (κ3) is 3.17. The summed E-state index contributed by atoms with van der Waals surface area (Å²) in [6.07, 6.45) is 0. The van der Waals surface area contributed by atoms with Gasteiger partial charge in [0.25, 0.3) is 10.0 Å². The maximum Gasteiger partial charge on any atom is 0.305 e. The molecule has 0 radical (unpaired) electrons. The number of nitrogens with one attached hydrogen (secondary N) is 2. The lowest BCUT2D eigenvalue weighted by Crippen LogP contribution is -2.13. The van der Waals surface area contributed by atoms with Crippen molar-refractivity contribution in [3.63, 3.8) is 0 Å². The molecule has 0 bridgehead atoms. The Bertz CT molecular complexity index is 1060. The molecule has 3 aromatic rings. The minimum atomic E-state index is -3.81. The third-order valence-electron chi connectivity index (χ3n) is 3.22. The summed E-state index contributed by atoms with van der Waals surface area (Å²) >= 11 is 0.947. The molecule has 0 saturated carbocycles. The number of ketones is 1. The first-order valence-corrected chi connectivity index (χ1v) is 8.92. The summed E-state index contributed by atoms with van der Waals surface area (Å²) in [6, 6.07) is 10.7. The van der Waals surface area contributed by atoms with Gasteiger partial charge in [0, 0.05) is 11.3 Å². The molecule has 6 nitrogen and oxygen atoms in total. The number of H-pyrrole nitrogens is 1. The van der Waals surface area contributed by atoms with Crippen molar-refractivity contribution < 1.29 is 13.2 Å². The number of hydrogen-bond acceptors (Lipinski definition) is 5.